The highest BCUT2D eigenvalue weighted by Crippen LogP contribution is 2.29. The number of hydrogen-bond donors (Lipinski definition) is 2. The second kappa shape index (κ2) is 5.41. The van der Waals surface area contributed by atoms with Crippen molar-refractivity contribution in [3.05, 3.63) is 36.4 Å². The molecule has 1 rings (SSSR count). The van der Waals surface area contributed by atoms with Crippen molar-refractivity contribution in [1.82, 2.24) is 5.32 Å². The number of nitrogens with one attached hydrogen (secondary N) is 1. The SMILES string of the molecule is C=CC(C)NCc1cccc(OC)c1O. The van der Waals surface area contributed by atoms with Gasteiger partial charge in [-0.3, -0.25) is 0 Å². The molecule has 0 saturated carbocycles. The number of phenolic OH excluding ortho intramolecular Hbond substituents is 1. The van der Waals surface area contributed by atoms with E-state index in [0.717, 1.165) is 5.56 Å². The Labute approximate surface area is 90.4 Å². The van der Waals surface area contributed by atoms with Gasteiger partial charge < -0.3 is 15.2 Å². The molecule has 0 spiro atoms. The van der Waals surface area contributed by atoms with Crippen molar-refractivity contribution < 1.29 is 9.84 Å². The third kappa shape index (κ3) is 2.99. The number of hydrogen-bond acceptors (Lipinski definition) is 3. The van der Waals surface area contributed by atoms with Gasteiger partial charge in [-0.2, -0.15) is 0 Å². The van der Waals surface area contributed by atoms with Crippen LogP contribution in [0.5, 0.6) is 11.5 Å². The van der Waals surface area contributed by atoms with Crippen molar-refractivity contribution in [3.8, 4) is 11.5 Å². The summed E-state index contributed by atoms with van der Waals surface area (Å²) in [6.45, 7) is 6.28. The Bertz CT molecular complexity index is 336. The number of aromatic hydroxyl groups is 1. The molecule has 0 amide bonds. The van der Waals surface area contributed by atoms with E-state index in [2.05, 4.69) is 11.9 Å². The van der Waals surface area contributed by atoms with Crippen LogP contribution in [0.15, 0.2) is 30.9 Å². The summed E-state index contributed by atoms with van der Waals surface area (Å²) in [5.41, 5.74) is 0.822. The van der Waals surface area contributed by atoms with E-state index in [0.29, 0.717) is 12.3 Å². The Hall–Kier alpha value is -1.48. The molecule has 2 N–H and O–H groups in total. The van der Waals surface area contributed by atoms with Gasteiger partial charge in [0.2, 0.25) is 0 Å². The van der Waals surface area contributed by atoms with Crippen LogP contribution in [0, 0.1) is 0 Å². The first-order valence-electron chi connectivity index (χ1n) is 4.89. The Balaban J connectivity index is 2.72. The Kier molecular flexibility index (Phi) is 4.18. The highest BCUT2D eigenvalue weighted by atomic mass is 16.5. The van der Waals surface area contributed by atoms with E-state index in [-0.39, 0.29) is 11.8 Å². The van der Waals surface area contributed by atoms with Gasteiger partial charge in [-0.15, -0.1) is 6.58 Å². The average Bonchev–Trinajstić information content (AvgIpc) is 2.27. The van der Waals surface area contributed by atoms with Crippen molar-refractivity contribution in [2.75, 3.05) is 7.11 Å². The van der Waals surface area contributed by atoms with Gasteiger partial charge in [0, 0.05) is 18.2 Å². The van der Waals surface area contributed by atoms with Gasteiger partial charge in [0.05, 0.1) is 7.11 Å². The standard InChI is InChI=1S/C12H17NO2/c1-4-9(2)13-8-10-6-5-7-11(15-3)12(10)14/h4-7,9,13-14H,1,8H2,2-3H3. The van der Waals surface area contributed by atoms with E-state index in [1.54, 1.807) is 13.2 Å². The minimum atomic E-state index is 0.198. The van der Waals surface area contributed by atoms with Crippen LogP contribution in [0.1, 0.15) is 12.5 Å². The fourth-order valence-corrected chi connectivity index (χ4v) is 1.23. The fourth-order valence-electron chi connectivity index (χ4n) is 1.23. The monoisotopic (exact) mass is 207 g/mol. The smallest absolute Gasteiger partial charge is 0.162 e. The van der Waals surface area contributed by atoms with Crippen LogP contribution < -0.4 is 10.1 Å². The van der Waals surface area contributed by atoms with Gasteiger partial charge in [-0.05, 0) is 13.0 Å². The summed E-state index contributed by atoms with van der Waals surface area (Å²) in [6, 6.07) is 5.67. The molecule has 1 atom stereocenters. The number of phenols is 1. The summed E-state index contributed by atoms with van der Waals surface area (Å²) in [7, 11) is 1.54. The molecule has 3 heteroatoms. The van der Waals surface area contributed by atoms with Gasteiger partial charge in [0.25, 0.3) is 0 Å². The van der Waals surface area contributed by atoms with E-state index in [1.807, 2.05) is 25.1 Å². The number of benzene rings is 1. The van der Waals surface area contributed by atoms with Crippen LogP contribution in [0.3, 0.4) is 0 Å². The van der Waals surface area contributed by atoms with Gasteiger partial charge in [0.15, 0.2) is 11.5 Å². The molecule has 1 aromatic rings. The fraction of sp³-hybridized carbons (Fsp3) is 0.333. The van der Waals surface area contributed by atoms with Crippen molar-refractivity contribution in [3.63, 3.8) is 0 Å². The lowest BCUT2D eigenvalue weighted by Gasteiger charge is -2.12. The second-order valence-electron chi connectivity index (χ2n) is 3.37. The van der Waals surface area contributed by atoms with Crippen LogP contribution in [0.25, 0.3) is 0 Å². The van der Waals surface area contributed by atoms with Crippen molar-refractivity contribution in [1.29, 1.82) is 0 Å². The zero-order chi connectivity index (χ0) is 11.3. The van der Waals surface area contributed by atoms with Crippen molar-refractivity contribution in [2.45, 2.75) is 19.5 Å². The quantitative estimate of drug-likeness (QED) is 0.726. The molecule has 82 valence electrons. The largest absolute Gasteiger partial charge is 0.504 e. The molecule has 0 heterocycles. The third-order valence-electron chi connectivity index (χ3n) is 2.27. The second-order valence-corrected chi connectivity index (χ2v) is 3.37. The topological polar surface area (TPSA) is 41.5 Å². The molecule has 0 aromatic heterocycles. The lowest BCUT2D eigenvalue weighted by Crippen LogP contribution is -2.22. The maximum absolute atomic E-state index is 9.78. The normalized spacial score (nSPS) is 12.1. The van der Waals surface area contributed by atoms with E-state index < -0.39 is 0 Å². The summed E-state index contributed by atoms with van der Waals surface area (Å²) in [4.78, 5) is 0. The number of ether oxygens (including phenoxy) is 1. The first-order valence-corrected chi connectivity index (χ1v) is 4.89. The Morgan fingerprint density at radius 3 is 2.93 bits per heavy atom. The summed E-state index contributed by atoms with van der Waals surface area (Å²) in [6.07, 6.45) is 1.82. The zero-order valence-electron chi connectivity index (χ0n) is 9.16. The number of para-hydroxylation sites is 1. The van der Waals surface area contributed by atoms with E-state index >= 15 is 0 Å². The highest BCUT2D eigenvalue weighted by molar-refractivity contribution is 5.45. The maximum atomic E-state index is 9.78. The highest BCUT2D eigenvalue weighted by Gasteiger charge is 2.07. The summed E-state index contributed by atoms with van der Waals surface area (Å²) in [5.74, 6) is 0.698. The van der Waals surface area contributed by atoms with Crippen LogP contribution in [-0.2, 0) is 6.54 Å². The molecule has 0 saturated heterocycles. The van der Waals surface area contributed by atoms with Gasteiger partial charge in [-0.1, -0.05) is 18.2 Å². The third-order valence-corrected chi connectivity index (χ3v) is 2.27. The number of methoxy groups -OCH3 is 1. The van der Waals surface area contributed by atoms with Crippen molar-refractivity contribution in [2.24, 2.45) is 0 Å². The molecule has 0 fully saturated rings. The van der Waals surface area contributed by atoms with Crippen molar-refractivity contribution >= 4 is 0 Å². The first-order chi connectivity index (χ1) is 7.19. The molecule has 1 aromatic carbocycles. The zero-order valence-corrected chi connectivity index (χ0v) is 9.16. The summed E-state index contributed by atoms with van der Waals surface area (Å²) < 4.78 is 5.02. The predicted octanol–water partition coefficient (Wildman–Crippen LogP) is 2.06. The van der Waals surface area contributed by atoms with E-state index in [9.17, 15) is 5.11 Å². The molecular weight excluding hydrogens is 190 g/mol. The van der Waals surface area contributed by atoms with Gasteiger partial charge in [-0.25, -0.2) is 0 Å². The van der Waals surface area contributed by atoms with E-state index in [4.69, 9.17) is 4.74 Å². The Morgan fingerprint density at radius 2 is 2.33 bits per heavy atom. The molecule has 15 heavy (non-hydrogen) atoms. The maximum Gasteiger partial charge on any atom is 0.162 e. The van der Waals surface area contributed by atoms with Crippen LogP contribution in [0.4, 0.5) is 0 Å². The van der Waals surface area contributed by atoms with Crippen LogP contribution in [0.2, 0.25) is 0 Å². The van der Waals surface area contributed by atoms with Crippen LogP contribution in [-0.4, -0.2) is 18.3 Å². The lowest BCUT2D eigenvalue weighted by atomic mass is 10.1. The summed E-state index contributed by atoms with van der Waals surface area (Å²) >= 11 is 0. The molecule has 0 aliphatic carbocycles. The Morgan fingerprint density at radius 1 is 1.60 bits per heavy atom. The van der Waals surface area contributed by atoms with Crippen LogP contribution >= 0.6 is 0 Å². The van der Waals surface area contributed by atoms with E-state index in [1.165, 1.54) is 0 Å². The van der Waals surface area contributed by atoms with Gasteiger partial charge in [0.1, 0.15) is 0 Å². The molecular formula is C12H17NO2. The summed E-state index contributed by atoms with van der Waals surface area (Å²) in [5, 5.41) is 13.0. The lowest BCUT2D eigenvalue weighted by molar-refractivity contribution is 0.369. The average molecular weight is 207 g/mol. The first kappa shape index (κ1) is 11.6. The van der Waals surface area contributed by atoms with Gasteiger partial charge >= 0.3 is 0 Å². The predicted molar refractivity (Wildman–Crippen MR) is 61.2 cm³/mol. The number of rotatable bonds is 5. The molecule has 0 aliphatic rings. The molecule has 0 bridgehead atoms. The minimum absolute atomic E-state index is 0.198. The molecule has 0 aliphatic heterocycles. The molecule has 1 unspecified atom stereocenters. The minimum Gasteiger partial charge on any atom is -0.504 e. The molecule has 3 nitrogen and oxygen atoms in total. The molecule has 0 radical (unpaired) electrons.